The Labute approximate surface area is 94.5 Å². The lowest BCUT2D eigenvalue weighted by atomic mass is 9.82. The molecule has 1 unspecified atom stereocenters. The van der Waals surface area contributed by atoms with Crippen LogP contribution in [0.1, 0.15) is 64.7 Å². The third kappa shape index (κ3) is 3.22. The summed E-state index contributed by atoms with van der Waals surface area (Å²) in [6, 6.07) is 0. The zero-order valence-electron chi connectivity index (χ0n) is 10.1. The Morgan fingerprint density at radius 1 is 1.07 bits per heavy atom. The second kappa shape index (κ2) is 5.53. The van der Waals surface area contributed by atoms with Crippen LogP contribution in [0.15, 0.2) is 23.3 Å². The van der Waals surface area contributed by atoms with Gasteiger partial charge in [-0.3, -0.25) is 0 Å². The molecule has 0 heterocycles. The highest BCUT2D eigenvalue weighted by molar-refractivity contribution is 5.34. The smallest absolute Gasteiger partial charge is 0.00102 e. The first kappa shape index (κ1) is 11.0. The van der Waals surface area contributed by atoms with E-state index in [9.17, 15) is 0 Å². The van der Waals surface area contributed by atoms with Gasteiger partial charge in [0.2, 0.25) is 0 Å². The van der Waals surface area contributed by atoms with Crippen LogP contribution in [-0.4, -0.2) is 0 Å². The van der Waals surface area contributed by atoms with Gasteiger partial charge in [-0.15, -0.1) is 0 Å². The predicted molar refractivity (Wildman–Crippen MR) is 66.9 cm³/mol. The van der Waals surface area contributed by atoms with E-state index in [1.54, 1.807) is 11.1 Å². The van der Waals surface area contributed by atoms with Crippen molar-refractivity contribution in [1.29, 1.82) is 0 Å². The van der Waals surface area contributed by atoms with E-state index in [0.29, 0.717) is 0 Å². The van der Waals surface area contributed by atoms with E-state index >= 15 is 0 Å². The summed E-state index contributed by atoms with van der Waals surface area (Å²) in [6.07, 6.45) is 17.5. The fraction of sp³-hybridized carbons (Fsp3) is 0.733. The molecule has 0 aromatic carbocycles. The summed E-state index contributed by atoms with van der Waals surface area (Å²) >= 11 is 0. The minimum atomic E-state index is 0.875. The van der Waals surface area contributed by atoms with Gasteiger partial charge in [0.05, 0.1) is 0 Å². The number of rotatable bonds is 8. The Bertz CT molecular complexity index is 257. The van der Waals surface area contributed by atoms with Gasteiger partial charge in [-0.2, -0.15) is 0 Å². The second-order valence-corrected chi connectivity index (χ2v) is 5.06. The molecule has 0 saturated carbocycles. The maximum absolute atomic E-state index is 2.47. The summed E-state index contributed by atoms with van der Waals surface area (Å²) in [7, 11) is 0. The quantitative estimate of drug-likeness (QED) is 0.385. The van der Waals surface area contributed by atoms with Crippen LogP contribution >= 0.6 is 0 Å². The third-order valence-corrected chi connectivity index (χ3v) is 3.77. The topological polar surface area (TPSA) is 0 Å². The van der Waals surface area contributed by atoms with E-state index in [0.717, 1.165) is 5.92 Å². The molecule has 2 aliphatic rings. The molecular formula is C15H24. The highest BCUT2D eigenvalue weighted by atomic mass is 14.3. The van der Waals surface area contributed by atoms with Crippen molar-refractivity contribution >= 4 is 0 Å². The Balaban J connectivity index is 1.64. The highest BCUT2D eigenvalue weighted by Gasteiger charge is 2.25. The average Bonchev–Trinajstić information content (AvgIpc) is 2.96. The van der Waals surface area contributed by atoms with Crippen LogP contribution in [0.2, 0.25) is 0 Å². The summed E-state index contributed by atoms with van der Waals surface area (Å²) in [4.78, 5) is 0. The SMILES string of the molecule is CCCCCCCC(C1=CC1)C1=CCC1. The van der Waals surface area contributed by atoms with Gasteiger partial charge in [-0.25, -0.2) is 0 Å². The van der Waals surface area contributed by atoms with E-state index in [4.69, 9.17) is 0 Å². The Morgan fingerprint density at radius 2 is 1.80 bits per heavy atom. The molecule has 0 N–H and O–H groups in total. The van der Waals surface area contributed by atoms with Gasteiger partial charge in [0.25, 0.3) is 0 Å². The predicted octanol–water partition coefficient (Wildman–Crippen LogP) is 5.01. The fourth-order valence-electron chi connectivity index (χ4n) is 2.53. The van der Waals surface area contributed by atoms with Gasteiger partial charge in [-0.1, -0.05) is 62.3 Å². The molecule has 0 aromatic heterocycles. The van der Waals surface area contributed by atoms with Crippen LogP contribution in [0.4, 0.5) is 0 Å². The minimum absolute atomic E-state index is 0.875. The standard InChI is InChI=1S/C15H24/c1-2-3-4-5-6-10-15(14-11-12-14)13-8-7-9-13/h8,11,15H,2-7,9-10,12H2,1H3. The van der Waals surface area contributed by atoms with E-state index < -0.39 is 0 Å². The molecule has 0 saturated heterocycles. The van der Waals surface area contributed by atoms with Crippen LogP contribution in [0.25, 0.3) is 0 Å². The van der Waals surface area contributed by atoms with Crippen molar-refractivity contribution in [2.45, 2.75) is 64.7 Å². The molecule has 0 bridgehead atoms. The van der Waals surface area contributed by atoms with Gasteiger partial charge in [0.15, 0.2) is 0 Å². The second-order valence-electron chi connectivity index (χ2n) is 5.06. The summed E-state index contributed by atoms with van der Waals surface area (Å²) < 4.78 is 0. The maximum atomic E-state index is 2.47. The number of hydrogen-bond acceptors (Lipinski definition) is 0. The molecule has 0 amide bonds. The normalized spacial score (nSPS) is 20.3. The van der Waals surface area contributed by atoms with E-state index in [1.807, 2.05) is 0 Å². The molecule has 0 fully saturated rings. The van der Waals surface area contributed by atoms with Crippen LogP contribution in [-0.2, 0) is 0 Å². The summed E-state index contributed by atoms with van der Waals surface area (Å²) in [5, 5.41) is 0. The largest absolute Gasteiger partial charge is 0.0844 e. The monoisotopic (exact) mass is 204 g/mol. The Hall–Kier alpha value is -0.520. The highest BCUT2D eigenvalue weighted by Crippen LogP contribution is 2.41. The van der Waals surface area contributed by atoms with Crippen molar-refractivity contribution in [3.05, 3.63) is 23.3 Å². The molecule has 0 aliphatic heterocycles. The van der Waals surface area contributed by atoms with Crippen molar-refractivity contribution < 1.29 is 0 Å². The summed E-state index contributed by atoms with van der Waals surface area (Å²) in [5.74, 6) is 0.875. The zero-order valence-corrected chi connectivity index (χ0v) is 10.1. The lowest BCUT2D eigenvalue weighted by Crippen LogP contribution is -2.08. The van der Waals surface area contributed by atoms with Crippen LogP contribution in [0.5, 0.6) is 0 Å². The molecular weight excluding hydrogens is 180 g/mol. The molecule has 0 heteroatoms. The molecule has 0 aromatic rings. The summed E-state index contributed by atoms with van der Waals surface area (Å²) in [6.45, 7) is 2.29. The summed E-state index contributed by atoms with van der Waals surface area (Å²) in [5.41, 5.74) is 3.51. The average molecular weight is 204 g/mol. The minimum Gasteiger partial charge on any atom is -0.0844 e. The molecule has 2 aliphatic carbocycles. The molecule has 0 nitrogen and oxygen atoms in total. The van der Waals surface area contributed by atoms with Crippen molar-refractivity contribution in [3.63, 3.8) is 0 Å². The van der Waals surface area contributed by atoms with Crippen molar-refractivity contribution in [3.8, 4) is 0 Å². The van der Waals surface area contributed by atoms with Crippen molar-refractivity contribution in [1.82, 2.24) is 0 Å². The van der Waals surface area contributed by atoms with Crippen LogP contribution < -0.4 is 0 Å². The first-order valence-corrected chi connectivity index (χ1v) is 6.79. The molecule has 2 rings (SSSR count). The lowest BCUT2D eigenvalue weighted by molar-refractivity contribution is 0.532. The van der Waals surface area contributed by atoms with E-state index in [1.165, 1.54) is 57.8 Å². The van der Waals surface area contributed by atoms with Crippen molar-refractivity contribution in [2.75, 3.05) is 0 Å². The first-order chi connectivity index (χ1) is 7.42. The Kier molecular flexibility index (Phi) is 4.05. The van der Waals surface area contributed by atoms with Gasteiger partial charge >= 0.3 is 0 Å². The number of allylic oxidation sites excluding steroid dienone is 4. The van der Waals surface area contributed by atoms with Gasteiger partial charge < -0.3 is 0 Å². The van der Waals surface area contributed by atoms with Gasteiger partial charge in [0.1, 0.15) is 0 Å². The number of hydrogen-bond donors (Lipinski definition) is 0. The Morgan fingerprint density at radius 3 is 2.33 bits per heavy atom. The third-order valence-electron chi connectivity index (χ3n) is 3.77. The van der Waals surface area contributed by atoms with Crippen LogP contribution in [0, 0.1) is 5.92 Å². The number of unbranched alkanes of at least 4 members (excludes halogenated alkanes) is 4. The molecule has 1 atom stereocenters. The molecule has 84 valence electrons. The van der Waals surface area contributed by atoms with Gasteiger partial charge in [0, 0.05) is 5.92 Å². The van der Waals surface area contributed by atoms with Crippen LogP contribution in [0.3, 0.4) is 0 Å². The van der Waals surface area contributed by atoms with E-state index in [2.05, 4.69) is 19.1 Å². The zero-order chi connectivity index (χ0) is 10.5. The molecule has 15 heavy (non-hydrogen) atoms. The van der Waals surface area contributed by atoms with E-state index in [-0.39, 0.29) is 0 Å². The van der Waals surface area contributed by atoms with Crippen molar-refractivity contribution in [2.24, 2.45) is 5.92 Å². The maximum Gasteiger partial charge on any atom is 0.00102 e. The molecule has 0 spiro atoms. The molecule has 0 radical (unpaired) electrons. The fourth-order valence-corrected chi connectivity index (χ4v) is 2.53. The first-order valence-electron chi connectivity index (χ1n) is 6.79. The van der Waals surface area contributed by atoms with Gasteiger partial charge in [-0.05, 0) is 25.7 Å². The lowest BCUT2D eigenvalue weighted by Gasteiger charge is -2.23.